The summed E-state index contributed by atoms with van der Waals surface area (Å²) in [5.41, 5.74) is 4.43. The third kappa shape index (κ3) is 3.97. The summed E-state index contributed by atoms with van der Waals surface area (Å²) >= 11 is 0. The Morgan fingerprint density at radius 2 is 1.92 bits per heavy atom. The minimum atomic E-state index is 0.260. The van der Waals surface area contributed by atoms with Crippen LogP contribution < -0.4 is 10.1 Å². The Balaban J connectivity index is 1.66. The molecule has 0 spiro atoms. The zero-order valence-electron chi connectivity index (χ0n) is 13.9. The molecule has 0 aliphatic rings. The summed E-state index contributed by atoms with van der Waals surface area (Å²) in [6.45, 7) is 2.95. The van der Waals surface area contributed by atoms with Crippen LogP contribution in [0.15, 0.2) is 67.1 Å². The molecule has 0 aliphatic carbocycles. The van der Waals surface area contributed by atoms with E-state index in [4.69, 9.17) is 4.74 Å². The lowest BCUT2D eigenvalue weighted by molar-refractivity contribution is 0.414. The topological polar surface area (TPSA) is 47.0 Å². The summed E-state index contributed by atoms with van der Waals surface area (Å²) in [5.74, 6) is 0.877. The average Bonchev–Trinajstić information content (AvgIpc) is 2.67. The van der Waals surface area contributed by atoms with Gasteiger partial charge in [-0.3, -0.25) is 9.97 Å². The summed E-state index contributed by atoms with van der Waals surface area (Å²) in [6, 6.07) is 16.8. The summed E-state index contributed by atoms with van der Waals surface area (Å²) in [4.78, 5) is 8.48. The van der Waals surface area contributed by atoms with Gasteiger partial charge in [-0.25, -0.2) is 0 Å². The van der Waals surface area contributed by atoms with Crippen LogP contribution in [-0.4, -0.2) is 17.1 Å². The first kappa shape index (κ1) is 16.1. The Hall–Kier alpha value is -2.72. The molecule has 0 saturated carbocycles. The molecule has 0 aliphatic heterocycles. The molecule has 4 heteroatoms. The summed E-state index contributed by atoms with van der Waals surface area (Å²) in [7, 11) is 1.68. The molecule has 24 heavy (non-hydrogen) atoms. The maximum atomic E-state index is 5.20. The number of aromatic nitrogens is 2. The third-order valence-electron chi connectivity index (χ3n) is 4.01. The van der Waals surface area contributed by atoms with E-state index in [0.717, 1.165) is 23.6 Å². The fourth-order valence-corrected chi connectivity index (χ4v) is 2.57. The van der Waals surface area contributed by atoms with Crippen molar-refractivity contribution >= 4 is 0 Å². The van der Waals surface area contributed by atoms with Crippen LogP contribution in [0.1, 0.15) is 24.1 Å². The number of nitrogens with one attached hydrogen (secondary N) is 1. The highest BCUT2D eigenvalue weighted by atomic mass is 16.5. The van der Waals surface area contributed by atoms with E-state index in [1.165, 1.54) is 11.1 Å². The van der Waals surface area contributed by atoms with E-state index in [9.17, 15) is 0 Å². The molecule has 3 rings (SSSR count). The fourth-order valence-electron chi connectivity index (χ4n) is 2.57. The molecule has 122 valence electrons. The first-order valence-electron chi connectivity index (χ1n) is 7.99. The first-order valence-corrected chi connectivity index (χ1v) is 7.99. The van der Waals surface area contributed by atoms with E-state index in [1.54, 1.807) is 25.7 Å². The van der Waals surface area contributed by atoms with Crippen LogP contribution in [0.5, 0.6) is 5.75 Å². The zero-order chi connectivity index (χ0) is 16.8. The molecule has 1 aromatic heterocycles. The van der Waals surface area contributed by atoms with Crippen LogP contribution in [0.4, 0.5) is 0 Å². The Kier molecular flexibility index (Phi) is 5.18. The van der Waals surface area contributed by atoms with Crippen LogP contribution in [0.2, 0.25) is 0 Å². The Morgan fingerprint density at radius 3 is 2.62 bits per heavy atom. The van der Waals surface area contributed by atoms with Gasteiger partial charge in [0.05, 0.1) is 19.0 Å². The van der Waals surface area contributed by atoms with Gasteiger partial charge < -0.3 is 10.1 Å². The van der Waals surface area contributed by atoms with Crippen LogP contribution in [0.25, 0.3) is 11.3 Å². The summed E-state index contributed by atoms with van der Waals surface area (Å²) in [6.07, 6.45) is 5.18. The SMILES string of the molecule is COc1ccc([C@@H](C)NCc2cccc(-c3cnccn3)c2)cc1. The van der Waals surface area contributed by atoms with Gasteiger partial charge in [-0.1, -0.05) is 30.3 Å². The van der Waals surface area contributed by atoms with Gasteiger partial charge in [-0.2, -0.15) is 0 Å². The maximum absolute atomic E-state index is 5.20. The Morgan fingerprint density at radius 1 is 1.08 bits per heavy atom. The molecule has 1 heterocycles. The number of hydrogen-bond acceptors (Lipinski definition) is 4. The second kappa shape index (κ2) is 7.70. The molecule has 1 atom stereocenters. The number of ether oxygens (including phenoxy) is 1. The van der Waals surface area contributed by atoms with E-state index < -0.39 is 0 Å². The molecule has 2 aromatic carbocycles. The molecule has 0 saturated heterocycles. The van der Waals surface area contributed by atoms with Gasteiger partial charge in [0.25, 0.3) is 0 Å². The number of benzene rings is 2. The zero-order valence-corrected chi connectivity index (χ0v) is 13.9. The van der Waals surface area contributed by atoms with Crippen molar-refractivity contribution in [2.24, 2.45) is 0 Å². The molecule has 0 bridgehead atoms. The van der Waals surface area contributed by atoms with E-state index in [-0.39, 0.29) is 6.04 Å². The number of methoxy groups -OCH3 is 1. The molecule has 3 aromatic rings. The Labute approximate surface area is 142 Å². The molecule has 0 radical (unpaired) electrons. The lowest BCUT2D eigenvalue weighted by atomic mass is 10.1. The van der Waals surface area contributed by atoms with Crippen molar-refractivity contribution in [3.63, 3.8) is 0 Å². The van der Waals surface area contributed by atoms with Gasteiger partial charge in [0.1, 0.15) is 5.75 Å². The van der Waals surface area contributed by atoms with Crippen molar-refractivity contribution in [3.05, 3.63) is 78.2 Å². The predicted molar refractivity (Wildman–Crippen MR) is 95.7 cm³/mol. The highest BCUT2D eigenvalue weighted by Gasteiger charge is 2.06. The Bertz CT molecular complexity index is 772. The first-order chi connectivity index (χ1) is 11.8. The highest BCUT2D eigenvalue weighted by molar-refractivity contribution is 5.58. The van der Waals surface area contributed by atoms with E-state index >= 15 is 0 Å². The molecular formula is C20H21N3O. The number of nitrogens with zero attached hydrogens (tertiary/aromatic N) is 2. The van der Waals surface area contributed by atoms with Crippen molar-refractivity contribution in [1.29, 1.82) is 0 Å². The fraction of sp³-hybridized carbons (Fsp3) is 0.200. The van der Waals surface area contributed by atoms with Crippen molar-refractivity contribution in [3.8, 4) is 17.0 Å². The molecule has 0 unspecified atom stereocenters. The van der Waals surface area contributed by atoms with Gasteiger partial charge in [0.2, 0.25) is 0 Å². The highest BCUT2D eigenvalue weighted by Crippen LogP contribution is 2.19. The van der Waals surface area contributed by atoms with Crippen molar-refractivity contribution in [1.82, 2.24) is 15.3 Å². The lowest BCUT2D eigenvalue weighted by Gasteiger charge is -2.15. The monoisotopic (exact) mass is 319 g/mol. The lowest BCUT2D eigenvalue weighted by Crippen LogP contribution is -2.18. The van der Waals surface area contributed by atoms with Crippen LogP contribution >= 0.6 is 0 Å². The molecule has 0 fully saturated rings. The maximum Gasteiger partial charge on any atom is 0.118 e. The van der Waals surface area contributed by atoms with Crippen LogP contribution in [-0.2, 0) is 6.54 Å². The van der Waals surface area contributed by atoms with E-state index in [2.05, 4.69) is 58.6 Å². The molecule has 0 amide bonds. The number of hydrogen-bond donors (Lipinski definition) is 1. The van der Waals surface area contributed by atoms with Gasteiger partial charge in [0.15, 0.2) is 0 Å². The second-order valence-corrected chi connectivity index (χ2v) is 5.67. The normalized spacial score (nSPS) is 11.9. The minimum Gasteiger partial charge on any atom is -0.497 e. The molecule has 1 N–H and O–H groups in total. The standard InChI is InChI=1S/C20H21N3O/c1-15(17-6-8-19(24-2)9-7-17)23-13-16-4-3-5-18(12-16)20-14-21-10-11-22-20/h3-12,14-15,23H,13H2,1-2H3/t15-/m1/s1. The van der Waals surface area contributed by atoms with E-state index in [1.807, 2.05) is 12.1 Å². The van der Waals surface area contributed by atoms with Crippen molar-refractivity contribution < 1.29 is 4.74 Å². The van der Waals surface area contributed by atoms with Gasteiger partial charge in [0, 0.05) is 30.5 Å². The second-order valence-electron chi connectivity index (χ2n) is 5.67. The largest absolute Gasteiger partial charge is 0.497 e. The van der Waals surface area contributed by atoms with E-state index in [0.29, 0.717) is 0 Å². The third-order valence-corrected chi connectivity index (χ3v) is 4.01. The average molecular weight is 319 g/mol. The summed E-state index contributed by atoms with van der Waals surface area (Å²) in [5, 5.41) is 3.55. The predicted octanol–water partition coefficient (Wildman–Crippen LogP) is 4.00. The molecule has 4 nitrogen and oxygen atoms in total. The van der Waals surface area contributed by atoms with Gasteiger partial charge in [-0.05, 0) is 36.2 Å². The van der Waals surface area contributed by atoms with Crippen molar-refractivity contribution in [2.45, 2.75) is 19.5 Å². The minimum absolute atomic E-state index is 0.260. The van der Waals surface area contributed by atoms with Gasteiger partial charge in [-0.15, -0.1) is 0 Å². The number of rotatable bonds is 6. The van der Waals surface area contributed by atoms with Crippen LogP contribution in [0.3, 0.4) is 0 Å². The quantitative estimate of drug-likeness (QED) is 0.746. The van der Waals surface area contributed by atoms with Gasteiger partial charge >= 0.3 is 0 Å². The van der Waals surface area contributed by atoms with Crippen molar-refractivity contribution in [2.75, 3.05) is 7.11 Å². The van der Waals surface area contributed by atoms with Crippen LogP contribution in [0, 0.1) is 0 Å². The smallest absolute Gasteiger partial charge is 0.118 e. The summed E-state index contributed by atoms with van der Waals surface area (Å²) < 4.78 is 5.20. The molecular weight excluding hydrogens is 298 g/mol.